The first-order valence-corrected chi connectivity index (χ1v) is 9.01. The number of carbonyl (C=O) groups is 2. The Balaban J connectivity index is 1.87. The molecule has 2 N–H and O–H groups in total. The average Bonchev–Trinajstić information content (AvgIpc) is 2.71. The second-order valence-corrected chi connectivity index (χ2v) is 5.94. The van der Waals surface area contributed by atoms with Gasteiger partial charge in [-0.3, -0.25) is 9.59 Å². The van der Waals surface area contributed by atoms with Crippen molar-refractivity contribution in [3.63, 3.8) is 0 Å². The molecule has 6 heteroatoms. The van der Waals surface area contributed by atoms with Crippen LogP contribution >= 0.6 is 0 Å². The molecule has 2 aromatic rings. The van der Waals surface area contributed by atoms with Crippen molar-refractivity contribution >= 4 is 11.8 Å². The lowest BCUT2D eigenvalue weighted by molar-refractivity contribution is -0.120. The third-order valence-corrected chi connectivity index (χ3v) is 4.10. The molecule has 0 heterocycles. The first-order valence-electron chi connectivity index (χ1n) is 9.01. The minimum absolute atomic E-state index is 0.0846. The highest BCUT2D eigenvalue weighted by Crippen LogP contribution is 2.20. The van der Waals surface area contributed by atoms with E-state index in [-0.39, 0.29) is 24.4 Å². The summed E-state index contributed by atoms with van der Waals surface area (Å²) >= 11 is 0. The predicted molar refractivity (Wildman–Crippen MR) is 104 cm³/mol. The lowest BCUT2D eigenvalue weighted by atomic mass is 10.0. The zero-order valence-corrected chi connectivity index (χ0v) is 16.0. The van der Waals surface area contributed by atoms with E-state index in [1.54, 1.807) is 31.4 Å². The summed E-state index contributed by atoms with van der Waals surface area (Å²) < 4.78 is 10.5. The first-order chi connectivity index (χ1) is 13.1. The molecule has 0 fully saturated rings. The molecule has 2 aromatic carbocycles. The van der Waals surface area contributed by atoms with E-state index in [1.807, 2.05) is 38.1 Å². The molecule has 0 aliphatic heterocycles. The van der Waals surface area contributed by atoms with Gasteiger partial charge in [-0.2, -0.15) is 0 Å². The van der Waals surface area contributed by atoms with Gasteiger partial charge in [0, 0.05) is 5.56 Å². The molecular weight excluding hydrogens is 344 g/mol. The number of carbonyl (C=O) groups excluding carboxylic acids is 2. The summed E-state index contributed by atoms with van der Waals surface area (Å²) in [6, 6.07) is 14.2. The number of hydrogen-bond donors (Lipinski definition) is 2. The summed E-state index contributed by atoms with van der Waals surface area (Å²) in [7, 11) is 1.61. The monoisotopic (exact) mass is 370 g/mol. The second kappa shape index (κ2) is 10.2. The fourth-order valence-corrected chi connectivity index (χ4v) is 2.63. The molecule has 0 spiro atoms. The largest absolute Gasteiger partial charge is 0.497 e. The molecule has 1 unspecified atom stereocenters. The Labute approximate surface area is 159 Å². The first kappa shape index (κ1) is 20.3. The number of benzene rings is 2. The van der Waals surface area contributed by atoms with Crippen molar-refractivity contribution in [2.24, 2.45) is 0 Å². The number of rotatable bonds is 9. The van der Waals surface area contributed by atoms with E-state index >= 15 is 0 Å². The molecule has 144 valence electrons. The molecule has 0 saturated carbocycles. The zero-order chi connectivity index (χ0) is 19.6. The van der Waals surface area contributed by atoms with Crippen molar-refractivity contribution < 1.29 is 19.1 Å². The number of amides is 2. The summed E-state index contributed by atoms with van der Waals surface area (Å²) in [6.45, 7) is 4.37. The van der Waals surface area contributed by atoms with Gasteiger partial charge >= 0.3 is 0 Å². The highest BCUT2D eigenvalue weighted by atomic mass is 16.5. The number of methoxy groups -OCH3 is 1. The van der Waals surface area contributed by atoms with Gasteiger partial charge in [0.05, 0.1) is 26.3 Å². The lowest BCUT2D eigenvalue weighted by Crippen LogP contribution is -2.38. The predicted octanol–water partition coefficient (Wildman–Crippen LogP) is 3.09. The lowest BCUT2D eigenvalue weighted by Gasteiger charge is -2.18. The molecule has 0 saturated heterocycles. The van der Waals surface area contributed by atoms with E-state index in [0.29, 0.717) is 17.9 Å². The standard InChI is InChI=1S/C21H26N2O4/c1-4-19(15-6-10-17(26-3)11-7-15)23-20(24)14-22-21(25)16-8-12-18(13-9-16)27-5-2/h6-13,19H,4-5,14H2,1-3H3,(H,22,25)(H,23,24). The Kier molecular flexibility index (Phi) is 7.67. The zero-order valence-electron chi connectivity index (χ0n) is 16.0. The van der Waals surface area contributed by atoms with E-state index in [1.165, 1.54) is 0 Å². The van der Waals surface area contributed by atoms with Crippen LogP contribution in [-0.4, -0.2) is 32.1 Å². The Hall–Kier alpha value is -3.02. The van der Waals surface area contributed by atoms with Crippen LogP contribution in [0.15, 0.2) is 48.5 Å². The molecular formula is C21H26N2O4. The molecule has 27 heavy (non-hydrogen) atoms. The summed E-state index contributed by atoms with van der Waals surface area (Å²) in [5.41, 5.74) is 1.47. The van der Waals surface area contributed by atoms with E-state index in [9.17, 15) is 9.59 Å². The van der Waals surface area contributed by atoms with Gasteiger partial charge in [0.1, 0.15) is 11.5 Å². The van der Waals surface area contributed by atoms with Crippen molar-refractivity contribution in [1.29, 1.82) is 0 Å². The van der Waals surface area contributed by atoms with Crippen molar-refractivity contribution in [3.05, 3.63) is 59.7 Å². The van der Waals surface area contributed by atoms with Gasteiger partial charge in [-0.05, 0) is 55.3 Å². The van der Waals surface area contributed by atoms with Gasteiger partial charge in [-0.25, -0.2) is 0 Å². The fraction of sp³-hybridized carbons (Fsp3) is 0.333. The van der Waals surface area contributed by atoms with Gasteiger partial charge in [0.15, 0.2) is 0 Å². The van der Waals surface area contributed by atoms with Crippen LogP contribution in [0.25, 0.3) is 0 Å². The third-order valence-electron chi connectivity index (χ3n) is 4.10. The van der Waals surface area contributed by atoms with E-state index in [4.69, 9.17) is 9.47 Å². The molecule has 0 aromatic heterocycles. The third kappa shape index (κ3) is 6.02. The molecule has 0 aliphatic carbocycles. The Bertz CT molecular complexity index is 742. The SMILES string of the molecule is CCOc1ccc(C(=O)NCC(=O)NC(CC)c2ccc(OC)cc2)cc1. The number of nitrogens with one attached hydrogen (secondary N) is 2. The van der Waals surface area contributed by atoms with Crippen LogP contribution in [0, 0.1) is 0 Å². The topological polar surface area (TPSA) is 76.7 Å². The van der Waals surface area contributed by atoms with Crippen molar-refractivity contribution in [1.82, 2.24) is 10.6 Å². The molecule has 1 atom stereocenters. The van der Waals surface area contributed by atoms with Gasteiger partial charge in [-0.1, -0.05) is 19.1 Å². The molecule has 2 amide bonds. The fourth-order valence-electron chi connectivity index (χ4n) is 2.63. The molecule has 0 aliphatic rings. The summed E-state index contributed by atoms with van der Waals surface area (Å²) in [6.07, 6.45) is 0.741. The maximum atomic E-state index is 12.2. The van der Waals surface area contributed by atoms with Crippen molar-refractivity contribution in [3.8, 4) is 11.5 Å². The van der Waals surface area contributed by atoms with Gasteiger partial charge in [0.25, 0.3) is 5.91 Å². The van der Waals surface area contributed by atoms with Crippen LogP contribution in [-0.2, 0) is 4.79 Å². The smallest absolute Gasteiger partial charge is 0.251 e. The number of hydrogen-bond acceptors (Lipinski definition) is 4. The van der Waals surface area contributed by atoms with Crippen LogP contribution in [0.3, 0.4) is 0 Å². The maximum absolute atomic E-state index is 12.2. The maximum Gasteiger partial charge on any atom is 0.251 e. The quantitative estimate of drug-likeness (QED) is 0.711. The highest BCUT2D eigenvalue weighted by molar-refractivity contribution is 5.96. The molecule has 2 rings (SSSR count). The van der Waals surface area contributed by atoms with Crippen LogP contribution in [0.4, 0.5) is 0 Å². The molecule has 0 radical (unpaired) electrons. The van der Waals surface area contributed by atoms with Gasteiger partial charge in [-0.15, -0.1) is 0 Å². The minimum Gasteiger partial charge on any atom is -0.497 e. The van der Waals surface area contributed by atoms with Gasteiger partial charge in [0.2, 0.25) is 5.91 Å². The van der Waals surface area contributed by atoms with Crippen LogP contribution < -0.4 is 20.1 Å². The van der Waals surface area contributed by atoms with Crippen molar-refractivity contribution in [2.75, 3.05) is 20.3 Å². The van der Waals surface area contributed by atoms with E-state index in [2.05, 4.69) is 10.6 Å². The summed E-state index contributed by atoms with van der Waals surface area (Å²) in [4.78, 5) is 24.4. The van der Waals surface area contributed by atoms with E-state index in [0.717, 1.165) is 17.7 Å². The van der Waals surface area contributed by atoms with Crippen LogP contribution in [0.2, 0.25) is 0 Å². The van der Waals surface area contributed by atoms with E-state index < -0.39 is 0 Å². The number of ether oxygens (including phenoxy) is 2. The van der Waals surface area contributed by atoms with Crippen LogP contribution in [0.1, 0.15) is 42.2 Å². The normalized spacial score (nSPS) is 11.4. The Morgan fingerprint density at radius 2 is 1.59 bits per heavy atom. The van der Waals surface area contributed by atoms with Crippen LogP contribution in [0.5, 0.6) is 11.5 Å². The molecule has 6 nitrogen and oxygen atoms in total. The Morgan fingerprint density at radius 1 is 0.963 bits per heavy atom. The average molecular weight is 370 g/mol. The Morgan fingerprint density at radius 3 is 2.15 bits per heavy atom. The molecule has 0 bridgehead atoms. The van der Waals surface area contributed by atoms with Gasteiger partial charge < -0.3 is 20.1 Å². The minimum atomic E-state index is -0.300. The van der Waals surface area contributed by atoms with Crippen molar-refractivity contribution in [2.45, 2.75) is 26.3 Å². The summed E-state index contributed by atoms with van der Waals surface area (Å²) in [5, 5.41) is 5.58. The summed E-state index contributed by atoms with van der Waals surface area (Å²) in [5.74, 6) is 0.933. The second-order valence-electron chi connectivity index (χ2n) is 5.94. The highest BCUT2D eigenvalue weighted by Gasteiger charge is 2.14.